The standard InChI is InChI=1S/C19H21NOS/c1-13-8-9-16(14(2)12-13)19(21)20-11-10-15(3)22-18-7-5-4-6-17(18)20/h4-9,12,15H,10-11H2,1-3H3. The number of rotatable bonds is 1. The summed E-state index contributed by atoms with van der Waals surface area (Å²) >= 11 is 1.86. The minimum absolute atomic E-state index is 0.111. The van der Waals surface area contributed by atoms with Gasteiger partial charge in [0.1, 0.15) is 0 Å². The van der Waals surface area contributed by atoms with Crippen LogP contribution in [0.3, 0.4) is 0 Å². The van der Waals surface area contributed by atoms with E-state index in [-0.39, 0.29) is 5.91 Å². The fraction of sp³-hybridized carbons (Fsp3) is 0.316. The second kappa shape index (κ2) is 6.17. The van der Waals surface area contributed by atoms with Crippen molar-refractivity contribution in [3.8, 4) is 0 Å². The summed E-state index contributed by atoms with van der Waals surface area (Å²) in [7, 11) is 0. The maximum atomic E-state index is 13.1. The zero-order valence-corrected chi connectivity index (χ0v) is 14.1. The highest BCUT2D eigenvalue weighted by Gasteiger charge is 2.25. The number of carbonyl (C=O) groups is 1. The van der Waals surface area contributed by atoms with Crippen molar-refractivity contribution in [1.29, 1.82) is 0 Å². The molecular weight excluding hydrogens is 290 g/mol. The highest BCUT2D eigenvalue weighted by atomic mass is 32.2. The molecule has 1 aliphatic heterocycles. The molecule has 0 spiro atoms. The highest BCUT2D eigenvalue weighted by Crippen LogP contribution is 2.38. The van der Waals surface area contributed by atoms with Crippen LogP contribution in [0.15, 0.2) is 47.4 Å². The van der Waals surface area contributed by atoms with Gasteiger partial charge in [-0.3, -0.25) is 4.79 Å². The first kappa shape index (κ1) is 15.2. The van der Waals surface area contributed by atoms with Gasteiger partial charge in [0.25, 0.3) is 5.91 Å². The molecule has 1 atom stereocenters. The zero-order chi connectivity index (χ0) is 15.7. The predicted molar refractivity (Wildman–Crippen MR) is 94.0 cm³/mol. The van der Waals surface area contributed by atoms with Gasteiger partial charge in [0.2, 0.25) is 0 Å². The van der Waals surface area contributed by atoms with E-state index in [9.17, 15) is 4.79 Å². The van der Waals surface area contributed by atoms with Crippen molar-refractivity contribution < 1.29 is 4.79 Å². The van der Waals surface area contributed by atoms with E-state index in [1.54, 1.807) is 0 Å². The van der Waals surface area contributed by atoms with Crippen molar-refractivity contribution in [2.24, 2.45) is 0 Å². The van der Waals surface area contributed by atoms with E-state index in [1.165, 1.54) is 10.5 Å². The van der Waals surface area contributed by atoms with Gasteiger partial charge in [0.15, 0.2) is 0 Å². The van der Waals surface area contributed by atoms with Crippen molar-refractivity contribution in [1.82, 2.24) is 0 Å². The minimum Gasteiger partial charge on any atom is -0.307 e. The second-order valence-corrected chi connectivity index (χ2v) is 7.44. The van der Waals surface area contributed by atoms with Crippen LogP contribution in [0.25, 0.3) is 0 Å². The van der Waals surface area contributed by atoms with E-state index in [4.69, 9.17) is 0 Å². The number of fused-ring (bicyclic) bond motifs is 1. The Morgan fingerprint density at radius 1 is 1.18 bits per heavy atom. The predicted octanol–water partition coefficient (Wildman–Crippen LogP) is 4.83. The Labute approximate surface area is 136 Å². The third-order valence-corrected chi connectivity index (χ3v) is 5.34. The normalized spacial score (nSPS) is 17.8. The topological polar surface area (TPSA) is 20.3 Å². The number of carbonyl (C=O) groups excluding carboxylic acids is 1. The van der Waals surface area contributed by atoms with Gasteiger partial charge in [-0.2, -0.15) is 0 Å². The Bertz CT molecular complexity index is 710. The Hall–Kier alpha value is -1.74. The average molecular weight is 311 g/mol. The largest absolute Gasteiger partial charge is 0.307 e. The van der Waals surface area contributed by atoms with Crippen molar-refractivity contribution in [3.63, 3.8) is 0 Å². The van der Waals surface area contributed by atoms with Crippen molar-refractivity contribution in [2.45, 2.75) is 37.3 Å². The Kier molecular flexibility index (Phi) is 4.25. The fourth-order valence-electron chi connectivity index (χ4n) is 2.90. The van der Waals surface area contributed by atoms with E-state index in [0.29, 0.717) is 5.25 Å². The number of thioether (sulfide) groups is 1. The smallest absolute Gasteiger partial charge is 0.258 e. The van der Waals surface area contributed by atoms with E-state index >= 15 is 0 Å². The number of benzene rings is 2. The first-order valence-corrected chi connectivity index (χ1v) is 8.59. The number of para-hydroxylation sites is 1. The van der Waals surface area contributed by atoms with Crippen LogP contribution in [0.5, 0.6) is 0 Å². The van der Waals surface area contributed by atoms with Crippen LogP contribution < -0.4 is 4.90 Å². The summed E-state index contributed by atoms with van der Waals surface area (Å²) in [5.74, 6) is 0.111. The molecule has 22 heavy (non-hydrogen) atoms. The summed E-state index contributed by atoms with van der Waals surface area (Å²) in [5.41, 5.74) is 4.09. The van der Waals surface area contributed by atoms with Gasteiger partial charge in [-0.05, 0) is 44.0 Å². The van der Waals surface area contributed by atoms with Gasteiger partial charge < -0.3 is 4.90 Å². The zero-order valence-electron chi connectivity index (χ0n) is 13.3. The third kappa shape index (κ3) is 2.91. The fourth-order valence-corrected chi connectivity index (χ4v) is 4.01. The van der Waals surface area contributed by atoms with Gasteiger partial charge in [-0.1, -0.05) is 36.8 Å². The van der Waals surface area contributed by atoms with Crippen LogP contribution in [-0.2, 0) is 0 Å². The number of hydrogen-bond acceptors (Lipinski definition) is 2. The molecule has 0 saturated heterocycles. The molecule has 2 aromatic carbocycles. The molecule has 1 heterocycles. The molecule has 0 aromatic heterocycles. The quantitative estimate of drug-likeness (QED) is 0.751. The Morgan fingerprint density at radius 3 is 2.73 bits per heavy atom. The van der Waals surface area contributed by atoms with Gasteiger partial charge in [0, 0.05) is 22.3 Å². The summed E-state index contributed by atoms with van der Waals surface area (Å²) < 4.78 is 0. The molecule has 3 heteroatoms. The van der Waals surface area contributed by atoms with Gasteiger partial charge in [-0.25, -0.2) is 0 Å². The van der Waals surface area contributed by atoms with Crippen molar-refractivity contribution in [2.75, 3.05) is 11.4 Å². The molecule has 114 valence electrons. The number of anilines is 1. The lowest BCUT2D eigenvalue weighted by atomic mass is 10.0. The first-order chi connectivity index (χ1) is 10.6. The molecule has 0 N–H and O–H groups in total. The molecule has 0 radical (unpaired) electrons. The van der Waals surface area contributed by atoms with Crippen LogP contribution in [0.1, 0.15) is 34.8 Å². The lowest BCUT2D eigenvalue weighted by Crippen LogP contribution is -2.32. The SMILES string of the molecule is Cc1ccc(C(=O)N2CCC(C)Sc3ccccc32)c(C)c1. The van der Waals surface area contributed by atoms with E-state index in [1.807, 2.05) is 47.9 Å². The molecule has 0 aliphatic carbocycles. The maximum absolute atomic E-state index is 13.1. The number of amides is 1. The van der Waals surface area contributed by atoms with Gasteiger partial charge >= 0.3 is 0 Å². The molecule has 1 unspecified atom stereocenters. The van der Waals surface area contributed by atoms with Crippen LogP contribution in [0.4, 0.5) is 5.69 Å². The van der Waals surface area contributed by atoms with Crippen LogP contribution >= 0.6 is 11.8 Å². The molecule has 1 aliphatic rings. The molecule has 1 amide bonds. The highest BCUT2D eigenvalue weighted by molar-refractivity contribution is 8.00. The van der Waals surface area contributed by atoms with E-state index in [0.717, 1.165) is 29.8 Å². The summed E-state index contributed by atoms with van der Waals surface area (Å²) in [6.07, 6.45) is 1.01. The van der Waals surface area contributed by atoms with Gasteiger partial charge in [-0.15, -0.1) is 11.8 Å². The van der Waals surface area contributed by atoms with Gasteiger partial charge in [0.05, 0.1) is 5.69 Å². The summed E-state index contributed by atoms with van der Waals surface area (Å²) in [4.78, 5) is 16.2. The number of nitrogens with zero attached hydrogens (tertiary/aromatic N) is 1. The summed E-state index contributed by atoms with van der Waals surface area (Å²) in [6, 6.07) is 14.3. The number of hydrogen-bond donors (Lipinski definition) is 0. The van der Waals surface area contributed by atoms with Crippen LogP contribution in [0, 0.1) is 13.8 Å². The Balaban J connectivity index is 2.02. The minimum atomic E-state index is 0.111. The maximum Gasteiger partial charge on any atom is 0.258 e. The summed E-state index contributed by atoms with van der Waals surface area (Å²) in [6.45, 7) is 7.08. The van der Waals surface area contributed by atoms with Crippen molar-refractivity contribution in [3.05, 3.63) is 59.2 Å². The second-order valence-electron chi connectivity index (χ2n) is 5.96. The Morgan fingerprint density at radius 2 is 1.95 bits per heavy atom. The molecule has 0 saturated carbocycles. The molecule has 3 rings (SSSR count). The summed E-state index contributed by atoms with van der Waals surface area (Å²) in [5, 5.41) is 0.526. The monoisotopic (exact) mass is 311 g/mol. The van der Waals surface area contributed by atoms with E-state index < -0.39 is 0 Å². The molecule has 0 bridgehead atoms. The third-order valence-electron chi connectivity index (χ3n) is 4.10. The molecular formula is C19H21NOS. The lowest BCUT2D eigenvalue weighted by Gasteiger charge is -2.23. The van der Waals surface area contributed by atoms with Crippen LogP contribution in [-0.4, -0.2) is 17.7 Å². The lowest BCUT2D eigenvalue weighted by molar-refractivity contribution is 0.0986. The molecule has 2 aromatic rings. The van der Waals surface area contributed by atoms with Crippen molar-refractivity contribution >= 4 is 23.4 Å². The molecule has 2 nitrogen and oxygen atoms in total. The van der Waals surface area contributed by atoms with E-state index in [2.05, 4.69) is 32.0 Å². The average Bonchev–Trinajstić information content (AvgIpc) is 2.65. The van der Waals surface area contributed by atoms with Crippen LogP contribution in [0.2, 0.25) is 0 Å². The number of aryl methyl sites for hydroxylation is 2. The first-order valence-electron chi connectivity index (χ1n) is 7.71. The molecule has 0 fully saturated rings.